The predicted octanol–water partition coefficient (Wildman–Crippen LogP) is 1.29. The van der Waals surface area contributed by atoms with E-state index in [1.54, 1.807) is 0 Å². The summed E-state index contributed by atoms with van der Waals surface area (Å²) in [4.78, 5) is 0. The van der Waals surface area contributed by atoms with Gasteiger partial charge in [-0.15, -0.1) is 0 Å². The zero-order valence-corrected chi connectivity index (χ0v) is 8.58. The lowest BCUT2D eigenvalue weighted by molar-refractivity contribution is 0.315. The maximum absolute atomic E-state index is 8.37. The van der Waals surface area contributed by atoms with Crippen molar-refractivity contribution in [3.05, 3.63) is 0 Å². The Morgan fingerprint density at radius 2 is 2.15 bits per heavy atom. The molecule has 0 aliphatic rings. The van der Waals surface area contributed by atoms with Gasteiger partial charge in [-0.25, -0.2) is 0 Å². The predicted molar refractivity (Wildman–Crippen MR) is 55.0 cm³/mol. The molecule has 0 aliphatic carbocycles. The van der Waals surface area contributed by atoms with Crippen LogP contribution in [0.3, 0.4) is 0 Å². The van der Waals surface area contributed by atoms with Crippen LogP contribution in [0, 0.1) is 0 Å². The monoisotopic (exact) mass is 187 g/mol. The van der Waals surface area contributed by atoms with Crippen LogP contribution in [0.1, 0.15) is 39.5 Å². The van der Waals surface area contributed by atoms with Crippen molar-refractivity contribution in [1.82, 2.24) is 5.32 Å². The van der Waals surface area contributed by atoms with Crippen molar-refractivity contribution in [1.29, 1.82) is 0 Å². The van der Waals surface area contributed by atoms with Crippen molar-refractivity contribution in [2.45, 2.75) is 45.6 Å². The molecule has 0 aromatic rings. The first kappa shape index (κ1) is 12.2. The fraction of sp³-hybridized carbons (Fsp3) is 0.889. The van der Waals surface area contributed by atoms with E-state index in [1.165, 1.54) is 19.3 Å². The molecule has 0 saturated carbocycles. The maximum Gasteiger partial charge on any atom is 0.156 e. The van der Waals surface area contributed by atoms with Crippen molar-refractivity contribution in [3.8, 4) is 0 Å². The Labute approximate surface area is 80.2 Å². The van der Waals surface area contributed by atoms with E-state index in [0.29, 0.717) is 0 Å². The van der Waals surface area contributed by atoms with Gasteiger partial charge in [0.2, 0.25) is 0 Å². The van der Waals surface area contributed by atoms with E-state index in [9.17, 15) is 0 Å². The summed E-state index contributed by atoms with van der Waals surface area (Å²) < 4.78 is 0. The SMILES string of the molecule is CCCCCCNC(C)C(N)=NO. The molecular weight excluding hydrogens is 166 g/mol. The highest BCUT2D eigenvalue weighted by molar-refractivity contribution is 5.84. The molecule has 0 aromatic heterocycles. The number of nitrogens with one attached hydrogen (secondary N) is 1. The Kier molecular flexibility index (Phi) is 7.39. The Hall–Kier alpha value is -0.770. The first-order chi connectivity index (χ1) is 6.22. The van der Waals surface area contributed by atoms with Crippen LogP contribution in [0.25, 0.3) is 0 Å². The van der Waals surface area contributed by atoms with Gasteiger partial charge in [-0.05, 0) is 19.9 Å². The molecule has 0 rings (SSSR count). The molecule has 78 valence electrons. The Bertz CT molecular complexity index is 148. The second-order valence-electron chi connectivity index (χ2n) is 3.26. The molecule has 0 fully saturated rings. The summed E-state index contributed by atoms with van der Waals surface area (Å²) in [5, 5.41) is 14.5. The third-order valence-corrected chi connectivity index (χ3v) is 2.04. The molecule has 4 N–H and O–H groups in total. The zero-order chi connectivity index (χ0) is 10.1. The van der Waals surface area contributed by atoms with Crippen LogP contribution in [0.15, 0.2) is 5.16 Å². The molecule has 0 aromatic carbocycles. The van der Waals surface area contributed by atoms with E-state index in [2.05, 4.69) is 17.4 Å². The molecule has 1 atom stereocenters. The molecule has 4 nitrogen and oxygen atoms in total. The van der Waals surface area contributed by atoms with Gasteiger partial charge in [-0.2, -0.15) is 0 Å². The van der Waals surface area contributed by atoms with Gasteiger partial charge in [-0.1, -0.05) is 31.3 Å². The third-order valence-electron chi connectivity index (χ3n) is 2.04. The first-order valence-electron chi connectivity index (χ1n) is 4.93. The van der Waals surface area contributed by atoms with Gasteiger partial charge in [0.25, 0.3) is 0 Å². The molecular formula is C9H21N3O. The normalized spacial score (nSPS) is 14.5. The topological polar surface area (TPSA) is 70.6 Å². The molecule has 0 aliphatic heterocycles. The van der Waals surface area contributed by atoms with E-state index in [0.717, 1.165) is 13.0 Å². The van der Waals surface area contributed by atoms with Crippen molar-refractivity contribution in [2.75, 3.05) is 6.54 Å². The summed E-state index contributed by atoms with van der Waals surface area (Å²) in [7, 11) is 0. The molecule has 0 amide bonds. The highest BCUT2D eigenvalue weighted by atomic mass is 16.4. The number of hydrogen-bond acceptors (Lipinski definition) is 3. The quantitative estimate of drug-likeness (QED) is 0.185. The molecule has 0 radical (unpaired) electrons. The second kappa shape index (κ2) is 7.86. The molecule has 4 heteroatoms. The lowest BCUT2D eigenvalue weighted by atomic mass is 10.2. The van der Waals surface area contributed by atoms with Crippen molar-refractivity contribution in [2.24, 2.45) is 10.9 Å². The zero-order valence-electron chi connectivity index (χ0n) is 8.58. The Morgan fingerprint density at radius 3 is 2.69 bits per heavy atom. The van der Waals surface area contributed by atoms with Gasteiger partial charge in [0.05, 0.1) is 6.04 Å². The fourth-order valence-electron chi connectivity index (χ4n) is 1.06. The number of nitrogens with zero attached hydrogens (tertiary/aromatic N) is 1. The van der Waals surface area contributed by atoms with Crippen molar-refractivity contribution < 1.29 is 5.21 Å². The van der Waals surface area contributed by atoms with E-state index < -0.39 is 0 Å². The lowest BCUT2D eigenvalue weighted by Gasteiger charge is -2.11. The van der Waals surface area contributed by atoms with Crippen molar-refractivity contribution in [3.63, 3.8) is 0 Å². The van der Waals surface area contributed by atoms with Crippen molar-refractivity contribution >= 4 is 5.84 Å². The molecule has 0 heterocycles. The molecule has 1 unspecified atom stereocenters. The van der Waals surface area contributed by atoms with Gasteiger partial charge in [0, 0.05) is 0 Å². The van der Waals surface area contributed by atoms with Crippen LogP contribution in [0.5, 0.6) is 0 Å². The van der Waals surface area contributed by atoms with Crippen LogP contribution in [0.2, 0.25) is 0 Å². The van der Waals surface area contributed by atoms with E-state index >= 15 is 0 Å². The van der Waals surface area contributed by atoms with Gasteiger partial charge >= 0.3 is 0 Å². The largest absolute Gasteiger partial charge is 0.409 e. The van der Waals surface area contributed by atoms with Gasteiger partial charge in [-0.3, -0.25) is 0 Å². The summed E-state index contributed by atoms with van der Waals surface area (Å²) in [6.07, 6.45) is 4.92. The number of rotatable bonds is 7. The number of oxime groups is 1. The van der Waals surface area contributed by atoms with Gasteiger partial charge in [0.15, 0.2) is 5.84 Å². The number of hydrogen-bond donors (Lipinski definition) is 3. The van der Waals surface area contributed by atoms with Crippen LogP contribution in [-0.4, -0.2) is 23.6 Å². The standard InChI is InChI=1S/C9H21N3O/c1-3-4-5-6-7-11-8(2)9(10)12-13/h8,11,13H,3-7H2,1-2H3,(H2,10,12). The molecule has 0 spiro atoms. The molecule has 13 heavy (non-hydrogen) atoms. The fourth-order valence-corrected chi connectivity index (χ4v) is 1.06. The van der Waals surface area contributed by atoms with E-state index in [-0.39, 0.29) is 11.9 Å². The third kappa shape index (κ3) is 6.40. The van der Waals surface area contributed by atoms with Gasteiger partial charge < -0.3 is 16.3 Å². The number of nitrogens with two attached hydrogens (primary N) is 1. The van der Waals surface area contributed by atoms with E-state index in [4.69, 9.17) is 10.9 Å². The van der Waals surface area contributed by atoms with Crippen LogP contribution in [0.4, 0.5) is 0 Å². The minimum Gasteiger partial charge on any atom is -0.409 e. The summed E-state index contributed by atoms with van der Waals surface area (Å²) >= 11 is 0. The first-order valence-corrected chi connectivity index (χ1v) is 4.93. The summed E-state index contributed by atoms with van der Waals surface area (Å²) in [5.41, 5.74) is 5.39. The number of amidine groups is 1. The summed E-state index contributed by atoms with van der Waals surface area (Å²) in [6, 6.07) is -0.0355. The minimum absolute atomic E-state index is 0.0355. The molecule has 0 bridgehead atoms. The van der Waals surface area contributed by atoms with Gasteiger partial charge in [0.1, 0.15) is 0 Å². The molecule has 0 saturated heterocycles. The average molecular weight is 187 g/mol. The minimum atomic E-state index is -0.0355. The highest BCUT2D eigenvalue weighted by Crippen LogP contribution is 1.97. The maximum atomic E-state index is 8.37. The van der Waals surface area contributed by atoms with Crippen LogP contribution < -0.4 is 11.1 Å². The second-order valence-corrected chi connectivity index (χ2v) is 3.26. The number of unbranched alkanes of at least 4 members (excludes halogenated alkanes) is 3. The highest BCUT2D eigenvalue weighted by Gasteiger charge is 2.04. The Morgan fingerprint density at radius 1 is 1.46 bits per heavy atom. The summed E-state index contributed by atoms with van der Waals surface area (Å²) in [6.45, 7) is 5.00. The average Bonchev–Trinajstić information content (AvgIpc) is 2.16. The van der Waals surface area contributed by atoms with Crippen LogP contribution in [-0.2, 0) is 0 Å². The lowest BCUT2D eigenvalue weighted by Crippen LogP contribution is -2.39. The smallest absolute Gasteiger partial charge is 0.156 e. The Balaban J connectivity index is 3.32. The summed E-state index contributed by atoms with van der Waals surface area (Å²) in [5.74, 6) is 0.246. The van der Waals surface area contributed by atoms with E-state index in [1.807, 2.05) is 6.92 Å². The van der Waals surface area contributed by atoms with Crippen LogP contribution >= 0.6 is 0 Å².